The molecule has 0 aliphatic rings. The fraction of sp³-hybridized carbons (Fsp3) is 0.111. The lowest BCUT2D eigenvalue weighted by molar-refractivity contribution is -0.135. The van der Waals surface area contributed by atoms with Gasteiger partial charge in [0.2, 0.25) is 0 Å². The number of amides is 2. The maximum atomic E-state index is 11.0. The molecule has 0 atom stereocenters. The second-order valence-corrected chi connectivity index (χ2v) is 2.81. The van der Waals surface area contributed by atoms with Crippen LogP contribution >= 0.6 is 0 Å². The highest BCUT2D eigenvalue weighted by Crippen LogP contribution is 2.25. The molecule has 0 spiro atoms. The third-order valence-electron chi connectivity index (χ3n) is 1.73. The van der Waals surface area contributed by atoms with E-state index < -0.39 is 18.5 Å². The Bertz CT molecular complexity index is 391. The number of para-hydroxylation sites is 2. The summed E-state index contributed by atoms with van der Waals surface area (Å²) < 4.78 is 0. The zero-order chi connectivity index (χ0) is 11.4. The lowest BCUT2D eigenvalue weighted by atomic mass is 10.2. The van der Waals surface area contributed by atoms with Crippen LogP contribution in [-0.2, 0) is 4.79 Å². The van der Waals surface area contributed by atoms with Gasteiger partial charge in [-0.1, -0.05) is 12.1 Å². The summed E-state index contributed by atoms with van der Waals surface area (Å²) >= 11 is 0. The number of carbonyl (C=O) groups excluding carboxylic acids is 1. The van der Waals surface area contributed by atoms with E-state index in [0.29, 0.717) is 0 Å². The summed E-state index contributed by atoms with van der Waals surface area (Å²) in [6, 6.07) is 4.93. The number of rotatable bonds is 3. The Morgan fingerprint density at radius 3 is 2.40 bits per heavy atom. The molecule has 0 aliphatic carbocycles. The van der Waals surface area contributed by atoms with E-state index >= 15 is 0 Å². The van der Waals surface area contributed by atoms with Gasteiger partial charge in [-0.2, -0.15) is 0 Å². The highest BCUT2D eigenvalue weighted by atomic mass is 16.4. The number of carbonyl (C=O) groups is 2. The van der Waals surface area contributed by atoms with E-state index in [1.807, 2.05) is 0 Å². The average molecular weight is 210 g/mol. The minimum absolute atomic E-state index is 0.0763. The van der Waals surface area contributed by atoms with Crippen LogP contribution in [0, 0.1) is 0 Å². The molecule has 1 aromatic rings. The van der Waals surface area contributed by atoms with Gasteiger partial charge in [-0.05, 0) is 12.1 Å². The lowest BCUT2D eigenvalue weighted by Gasteiger charge is -2.18. The van der Waals surface area contributed by atoms with Crippen LogP contribution < -0.4 is 10.6 Å². The minimum Gasteiger partial charge on any atom is -0.506 e. The smallest absolute Gasteiger partial charge is 0.323 e. The zero-order valence-electron chi connectivity index (χ0n) is 7.75. The number of anilines is 1. The van der Waals surface area contributed by atoms with Crippen LogP contribution in [0.15, 0.2) is 24.3 Å². The molecule has 1 aromatic carbocycles. The van der Waals surface area contributed by atoms with E-state index in [1.54, 1.807) is 12.1 Å². The van der Waals surface area contributed by atoms with Gasteiger partial charge in [-0.3, -0.25) is 9.69 Å². The maximum Gasteiger partial charge on any atom is 0.323 e. The second kappa shape index (κ2) is 4.32. The van der Waals surface area contributed by atoms with E-state index in [2.05, 4.69) is 0 Å². The Morgan fingerprint density at radius 2 is 1.93 bits per heavy atom. The predicted octanol–water partition coefficient (Wildman–Crippen LogP) is 0.362. The summed E-state index contributed by atoms with van der Waals surface area (Å²) in [7, 11) is 0. The molecule has 6 nitrogen and oxygen atoms in total. The molecule has 6 heteroatoms. The fourth-order valence-electron chi connectivity index (χ4n) is 1.11. The summed E-state index contributed by atoms with van der Waals surface area (Å²) in [5.74, 6) is -1.41. The number of phenolic OH excluding ortho intramolecular Hbond substituents is 1. The number of hydrogen-bond acceptors (Lipinski definition) is 3. The van der Waals surface area contributed by atoms with Crippen molar-refractivity contribution < 1.29 is 19.8 Å². The van der Waals surface area contributed by atoms with Gasteiger partial charge < -0.3 is 15.9 Å². The quantitative estimate of drug-likeness (QED) is 0.670. The van der Waals surface area contributed by atoms with Crippen molar-refractivity contribution in [1.82, 2.24) is 0 Å². The number of aromatic hydroxyl groups is 1. The van der Waals surface area contributed by atoms with E-state index in [4.69, 9.17) is 10.8 Å². The Hall–Kier alpha value is -2.24. The first-order valence-corrected chi connectivity index (χ1v) is 4.09. The maximum absolute atomic E-state index is 11.0. The number of nitrogens with zero attached hydrogens (tertiary/aromatic N) is 1. The van der Waals surface area contributed by atoms with Crippen LogP contribution in [0.25, 0.3) is 0 Å². The number of phenols is 1. The van der Waals surface area contributed by atoms with Gasteiger partial charge in [0, 0.05) is 0 Å². The summed E-state index contributed by atoms with van der Waals surface area (Å²) in [6.45, 7) is -0.590. The van der Waals surface area contributed by atoms with Gasteiger partial charge in [0.25, 0.3) is 0 Å². The number of primary amides is 1. The Morgan fingerprint density at radius 1 is 1.33 bits per heavy atom. The molecule has 0 fully saturated rings. The highest BCUT2D eigenvalue weighted by molar-refractivity contribution is 5.96. The van der Waals surface area contributed by atoms with Gasteiger partial charge >= 0.3 is 12.0 Å². The van der Waals surface area contributed by atoms with Crippen LogP contribution in [-0.4, -0.2) is 28.8 Å². The lowest BCUT2D eigenvalue weighted by Crippen LogP contribution is -2.39. The van der Waals surface area contributed by atoms with Crippen molar-refractivity contribution in [2.75, 3.05) is 11.4 Å². The van der Waals surface area contributed by atoms with Crippen molar-refractivity contribution in [3.63, 3.8) is 0 Å². The Kier molecular flexibility index (Phi) is 3.12. The largest absolute Gasteiger partial charge is 0.506 e. The molecule has 15 heavy (non-hydrogen) atoms. The van der Waals surface area contributed by atoms with Gasteiger partial charge in [0.05, 0.1) is 5.69 Å². The van der Waals surface area contributed by atoms with Crippen molar-refractivity contribution in [3.8, 4) is 5.75 Å². The first-order valence-electron chi connectivity index (χ1n) is 4.09. The van der Waals surface area contributed by atoms with E-state index in [-0.39, 0.29) is 11.4 Å². The number of carboxylic acids is 1. The topological polar surface area (TPSA) is 104 Å². The molecule has 0 heterocycles. The molecule has 0 bridgehead atoms. The highest BCUT2D eigenvalue weighted by Gasteiger charge is 2.18. The summed E-state index contributed by atoms with van der Waals surface area (Å²) in [4.78, 5) is 22.2. The summed E-state index contributed by atoms with van der Waals surface area (Å²) in [6.07, 6.45) is 0. The van der Waals surface area contributed by atoms with Crippen molar-refractivity contribution in [1.29, 1.82) is 0 Å². The Balaban J connectivity index is 3.04. The molecule has 0 aromatic heterocycles. The van der Waals surface area contributed by atoms with Crippen LogP contribution in [0.2, 0.25) is 0 Å². The molecular weight excluding hydrogens is 200 g/mol. The first-order chi connectivity index (χ1) is 7.02. The van der Waals surface area contributed by atoms with Gasteiger partial charge in [0.15, 0.2) is 0 Å². The van der Waals surface area contributed by atoms with Crippen LogP contribution in [0.5, 0.6) is 5.75 Å². The molecule has 4 N–H and O–H groups in total. The summed E-state index contributed by atoms with van der Waals surface area (Å²) in [5.41, 5.74) is 5.07. The molecule has 0 saturated carbocycles. The average Bonchev–Trinajstić information content (AvgIpc) is 2.15. The number of aliphatic carboxylic acids is 1. The molecule has 0 radical (unpaired) electrons. The van der Waals surface area contributed by atoms with Crippen molar-refractivity contribution in [2.45, 2.75) is 0 Å². The zero-order valence-corrected chi connectivity index (χ0v) is 7.75. The van der Waals surface area contributed by atoms with Crippen molar-refractivity contribution >= 4 is 17.7 Å². The van der Waals surface area contributed by atoms with Crippen LogP contribution in [0.3, 0.4) is 0 Å². The number of benzene rings is 1. The molecule has 0 saturated heterocycles. The van der Waals surface area contributed by atoms with Crippen LogP contribution in [0.4, 0.5) is 10.5 Å². The molecule has 80 valence electrons. The standard InChI is InChI=1S/C9H10N2O4/c10-9(15)11(5-8(13)14)6-3-1-2-4-7(6)12/h1-4,12H,5H2,(H2,10,15)(H,13,14). The summed E-state index contributed by atoms with van der Waals surface area (Å²) in [5, 5.41) is 18.0. The van der Waals surface area contributed by atoms with Gasteiger partial charge in [-0.15, -0.1) is 0 Å². The van der Waals surface area contributed by atoms with Crippen molar-refractivity contribution in [3.05, 3.63) is 24.3 Å². The SMILES string of the molecule is NC(=O)N(CC(=O)O)c1ccccc1O. The number of urea groups is 1. The third kappa shape index (κ3) is 2.60. The molecule has 0 unspecified atom stereocenters. The molecule has 2 amide bonds. The number of carboxylic acid groups (broad SMARTS) is 1. The number of nitrogens with two attached hydrogens (primary N) is 1. The van der Waals surface area contributed by atoms with E-state index in [1.165, 1.54) is 12.1 Å². The molecule has 0 aliphatic heterocycles. The van der Waals surface area contributed by atoms with Gasteiger partial charge in [0.1, 0.15) is 12.3 Å². The monoisotopic (exact) mass is 210 g/mol. The van der Waals surface area contributed by atoms with Crippen molar-refractivity contribution in [2.24, 2.45) is 5.73 Å². The second-order valence-electron chi connectivity index (χ2n) is 2.81. The van der Waals surface area contributed by atoms with Gasteiger partial charge in [-0.25, -0.2) is 4.79 Å². The molecular formula is C9H10N2O4. The third-order valence-corrected chi connectivity index (χ3v) is 1.73. The first kappa shape index (κ1) is 10.8. The van der Waals surface area contributed by atoms with E-state index in [0.717, 1.165) is 4.90 Å². The fourth-order valence-corrected chi connectivity index (χ4v) is 1.11. The van der Waals surface area contributed by atoms with Crippen LogP contribution in [0.1, 0.15) is 0 Å². The Labute approximate surface area is 85.5 Å². The normalized spacial score (nSPS) is 9.60. The minimum atomic E-state index is -1.21. The predicted molar refractivity (Wildman–Crippen MR) is 52.7 cm³/mol. The molecule has 1 rings (SSSR count). The number of hydrogen-bond donors (Lipinski definition) is 3. The van der Waals surface area contributed by atoms with E-state index in [9.17, 15) is 14.7 Å².